The van der Waals surface area contributed by atoms with E-state index in [1.165, 1.54) is 35.0 Å². The number of fused-ring (bicyclic) bond motifs is 1. The summed E-state index contributed by atoms with van der Waals surface area (Å²) in [6.07, 6.45) is 1.63. The Morgan fingerprint density at radius 2 is 1.70 bits per heavy atom. The van der Waals surface area contributed by atoms with Crippen LogP contribution in [0.25, 0.3) is 33.1 Å². The van der Waals surface area contributed by atoms with Gasteiger partial charge in [-0.3, -0.25) is 24.0 Å². The number of hydrogen-bond donors (Lipinski definition) is 4. The van der Waals surface area contributed by atoms with Crippen LogP contribution >= 0.6 is 11.3 Å². The first-order valence-corrected chi connectivity index (χ1v) is 24.0. The summed E-state index contributed by atoms with van der Waals surface area (Å²) >= 11 is 1.57. The van der Waals surface area contributed by atoms with Gasteiger partial charge in [-0.05, 0) is 94.0 Å². The first-order valence-electron chi connectivity index (χ1n) is 23.1. The molecule has 1 saturated heterocycles. The van der Waals surface area contributed by atoms with Gasteiger partial charge in [0.1, 0.15) is 40.3 Å². The Bertz CT molecular complexity index is 2900. The molecular weight excluding hydrogens is 915 g/mol. The van der Waals surface area contributed by atoms with Gasteiger partial charge in [0.2, 0.25) is 23.6 Å². The van der Waals surface area contributed by atoms with Crippen LogP contribution < -0.4 is 26.2 Å². The van der Waals surface area contributed by atoms with Crippen LogP contribution in [0.2, 0.25) is 0 Å². The number of aliphatic hydroxyl groups is 1. The SMILES string of the molecule is Cc1ncsc1-c1ccc(CNC(=O)[C@@H]2C[C@@H](O)CN2C(=O)[C@@H](NC(=O)CCC(C)(C)OCCC(C)(C)Oc2ccc(C(=O)Nc3ccc4oc(-c5ccc(=O)n(C)n5)nc4c3)nc2)C(C)(C)C)cc1. The molecule has 6 aromatic rings. The van der Waals surface area contributed by atoms with Crippen LogP contribution in [0.3, 0.4) is 0 Å². The number of ether oxygens (including phenoxy) is 2. The van der Waals surface area contributed by atoms with Gasteiger partial charge in [0.05, 0.1) is 40.6 Å². The van der Waals surface area contributed by atoms with E-state index in [9.17, 15) is 29.1 Å². The van der Waals surface area contributed by atoms with Crippen LogP contribution in [-0.2, 0) is 32.7 Å². The molecule has 4 aromatic heterocycles. The quantitative estimate of drug-likeness (QED) is 0.0712. The first-order chi connectivity index (χ1) is 33.0. The van der Waals surface area contributed by atoms with Crippen molar-refractivity contribution in [3.8, 4) is 27.8 Å². The van der Waals surface area contributed by atoms with Gasteiger partial charge in [-0.2, -0.15) is 5.10 Å². The average molecular weight is 976 g/mol. The third-order valence-corrected chi connectivity index (χ3v) is 13.0. The van der Waals surface area contributed by atoms with E-state index in [1.54, 1.807) is 41.7 Å². The van der Waals surface area contributed by atoms with Crippen LogP contribution in [0.1, 0.15) is 95.9 Å². The molecular formula is C51H61N9O9S. The Balaban J connectivity index is 0.853. The molecule has 1 aliphatic rings. The zero-order valence-corrected chi connectivity index (χ0v) is 41.8. The van der Waals surface area contributed by atoms with E-state index in [1.807, 2.05) is 85.2 Å². The minimum Gasteiger partial charge on any atom is -0.486 e. The monoisotopic (exact) mass is 975 g/mol. The smallest absolute Gasteiger partial charge is 0.274 e. The summed E-state index contributed by atoms with van der Waals surface area (Å²) in [7, 11) is 1.54. The molecule has 7 rings (SSSR count). The number of amides is 4. The molecule has 2 aromatic carbocycles. The van der Waals surface area contributed by atoms with Crippen LogP contribution in [-0.4, -0.2) is 101 Å². The summed E-state index contributed by atoms with van der Waals surface area (Å²) in [6.45, 7) is 15.7. The summed E-state index contributed by atoms with van der Waals surface area (Å²) < 4.78 is 19.5. The number of aliphatic hydroxyl groups excluding tert-OH is 1. The van der Waals surface area contributed by atoms with E-state index in [0.29, 0.717) is 47.7 Å². The maximum Gasteiger partial charge on any atom is 0.274 e. The summed E-state index contributed by atoms with van der Waals surface area (Å²) in [6, 6.07) is 17.2. The Kier molecular flexibility index (Phi) is 15.3. The van der Waals surface area contributed by atoms with Gasteiger partial charge in [-0.1, -0.05) is 45.0 Å². The Hall–Kier alpha value is -6.83. The summed E-state index contributed by atoms with van der Waals surface area (Å²) in [4.78, 5) is 81.6. The number of anilines is 1. The number of β-amino-alcohol motifs (C(OH)–C–C–N with tert-alkyl or cyclic N) is 1. The Morgan fingerprint density at radius 3 is 2.37 bits per heavy atom. The van der Waals surface area contributed by atoms with Crippen molar-refractivity contribution in [1.82, 2.24) is 40.3 Å². The summed E-state index contributed by atoms with van der Waals surface area (Å²) in [5.41, 5.74) is 4.39. The summed E-state index contributed by atoms with van der Waals surface area (Å²) in [5.74, 6) is -0.869. The number of nitrogens with zero attached hydrogens (tertiary/aromatic N) is 6. The minimum absolute atomic E-state index is 0.0191. The van der Waals surface area contributed by atoms with Gasteiger partial charge < -0.3 is 39.8 Å². The molecule has 0 spiro atoms. The molecule has 370 valence electrons. The average Bonchev–Trinajstić information content (AvgIpc) is 4.05. The van der Waals surface area contributed by atoms with Crippen LogP contribution in [0.15, 0.2) is 87.6 Å². The lowest BCUT2D eigenvalue weighted by Gasteiger charge is -2.35. The molecule has 0 radical (unpaired) electrons. The van der Waals surface area contributed by atoms with Crippen molar-refractivity contribution in [2.75, 3.05) is 18.5 Å². The van der Waals surface area contributed by atoms with Crippen LogP contribution in [0, 0.1) is 12.3 Å². The van der Waals surface area contributed by atoms with Gasteiger partial charge >= 0.3 is 0 Å². The molecule has 4 amide bonds. The van der Waals surface area contributed by atoms with E-state index < -0.39 is 46.6 Å². The number of benzene rings is 2. The van der Waals surface area contributed by atoms with Crippen molar-refractivity contribution < 1.29 is 38.2 Å². The predicted octanol–water partition coefficient (Wildman–Crippen LogP) is 6.60. The number of aryl methyl sites for hydroxylation is 2. The Labute approximate surface area is 410 Å². The summed E-state index contributed by atoms with van der Waals surface area (Å²) in [5, 5.41) is 23.5. The molecule has 5 heterocycles. The highest BCUT2D eigenvalue weighted by molar-refractivity contribution is 7.13. The van der Waals surface area contributed by atoms with E-state index in [0.717, 1.165) is 21.7 Å². The van der Waals surface area contributed by atoms with E-state index in [2.05, 4.69) is 36.0 Å². The number of carbonyl (C=O) groups excluding carboxylic acids is 4. The number of pyridine rings is 1. The fraction of sp³-hybridized carbons (Fsp3) is 0.431. The number of hydrogen-bond acceptors (Lipinski definition) is 14. The maximum absolute atomic E-state index is 14.2. The van der Waals surface area contributed by atoms with Gasteiger partial charge in [0.25, 0.3) is 11.5 Å². The number of nitrogens with one attached hydrogen (secondary N) is 3. The van der Waals surface area contributed by atoms with E-state index >= 15 is 0 Å². The van der Waals surface area contributed by atoms with Crippen molar-refractivity contribution in [2.24, 2.45) is 12.5 Å². The van der Waals surface area contributed by atoms with Crippen molar-refractivity contribution in [2.45, 2.75) is 117 Å². The van der Waals surface area contributed by atoms with Crippen molar-refractivity contribution >= 4 is 51.8 Å². The van der Waals surface area contributed by atoms with E-state index in [4.69, 9.17) is 13.9 Å². The molecule has 0 saturated carbocycles. The van der Waals surface area contributed by atoms with Crippen molar-refractivity contribution in [3.63, 3.8) is 0 Å². The molecule has 1 fully saturated rings. The highest BCUT2D eigenvalue weighted by atomic mass is 32.1. The molecule has 3 atom stereocenters. The second-order valence-corrected chi connectivity index (χ2v) is 20.7. The van der Waals surface area contributed by atoms with Crippen molar-refractivity contribution in [3.05, 3.63) is 106 Å². The van der Waals surface area contributed by atoms with Gasteiger partial charge in [-0.25, -0.2) is 19.6 Å². The van der Waals surface area contributed by atoms with Gasteiger partial charge in [-0.15, -0.1) is 11.3 Å². The fourth-order valence-electron chi connectivity index (χ4n) is 7.94. The van der Waals surface area contributed by atoms with Gasteiger partial charge in [0, 0.05) is 51.2 Å². The molecule has 0 unspecified atom stereocenters. The zero-order valence-electron chi connectivity index (χ0n) is 41.0. The number of oxazole rings is 1. The third-order valence-electron chi connectivity index (χ3n) is 12.1. The maximum atomic E-state index is 14.2. The van der Waals surface area contributed by atoms with Crippen LogP contribution in [0.5, 0.6) is 5.75 Å². The second kappa shape index (κ2) is 21.0. The minimum atomic E-state index is -0.952. The molecule has 19 heteroatoms. The number of thiazole rings is 1. The molecule has 18 nitrogen and oxygen atoms in total. The molecule has 0 aliphatic carbocycles. The largest absolute Gasteiger partial charge is 0.486 e. The molecule has 4 N–H and O–H groups in total. The van der Waals surface area contributed by atoms with Crippen molar-refractivity contribution in [1.29, 1.82) is 0 Å². The van der Waals surface area contributed by atoms with E-state index in [-0.39, 0.29) is 54.9 Å². The fourth-order valence-corrected chi connectivity index (χ4v) is 8.76. The lowest BCUT2D eigenvalue weighted by molar-refractivity contribution is -0.144. The standard InChI is InChI=1S/C51H61N9O9S/c1-30-43(70-29-54-30)32-12-10-31(11-13-32)26-53-46(65)39-25-34(61)28-60(39)48(66)44(49(2,3)4)57-41(62)20-21-50(5,6)67-23-22-51(7,8)69-35-15-16-36(52-27-35)45(64)55-33-14-18-40-38(24-33)56-47(68-40)37-17-19-42(63)59(9)58-37/h10-19,24,27,29,34,39,44,61H,20-23,25-26,28H2,1-9H3,(H,53,65)(H,55,64)(H,57,62)/t34-,39+,44-/m1/s1. The lowest BCUT2D eigenvalue weighted by Crippen LogP contribution is -2.57. The molecule has 0 bridgehead atoms. The number of rotatable bonds is 18. The first kappa shape index (κ1) is 51.0. The number of aromatic nitrogens is 5. The normalized spacial score (nSPS) is 15.7. The number of carbonyl (C=O) groups is 4. The number of likely N-dealkylation sites (tertiary alicyclic amines) is 1. The zero-order chi connectivity index (χ0) is 50.5. The second-order valence-electron chi connectivity index (χ2n) is 19.9. The molecule has 1 aliphatic heterocycles. The Morgan fingerprint density at radius 1 is 0.943 bits per heavy atom. The highest BCUT2D eigenvalue weighted by Gasteiger charge is 2.44. The topological polar surface area (TPSA) is 233 Å². The highest BCUT2D eigenvalue weighted by Crippen LogP contribution is 2.30. The molecule has 70 heavy (non-hydrogen) atoms. The van der Waals surface area contributed by atoms with Crippen LogP contribution in [0.4, 0.5) is 5.69 Å². The predicted molar refractivity (Wildman–Crippen MR) is 265 cm³/mol. The lowest BCUT2D eigenvalue weighted by atomic mass is 9.85. The third kappa shape index (κ3) is 12.9. The van der Waals surface area contributed by atoms with Gasteiger partial charge in [0.15, 0.2) is 5.58 Å².